The van der Waals surface area contributed by atoms with Gasteiger partial charge in [0.15, 0.2) is 0 Å². The minimum atomic E-state index is -4.39. The number of ether oxygens (including phenoxy) is 1. The topological polar surface area (TPSA) is 41.6 Å². The van der Waals surface area contributed by atoms with Crippen LogP contribution >= 0.6 is 0 Å². The molecule has 1 N–H and O–H groups in total. The molecule has 21 heavy (non-hydrogen) atoms. The van der Waals surface area contributed by atoms with Crippen molar-refractivity contribution in [1.29, 1.82) is 0 Å². The van der Waals surface area contributed by atoms with Gasteiger partial charge in [-0.3, -0.25) is 9.69 Å². The van der Waals surface area contributed by atoms with Gasteiger partial charge in [0.05, 0.1) is 13.2 Å². The number of carbonyl (C=O) groups excluding carboxylic acids is 1. The van der Waals surface area contributed by atoms with Gasteiger partial charge in [0.2, 0.25) is 5.91 Å². The Bertz CT molecular complexity index is 447. The third kappa shape index (κ3) is 7.55. The lowest BCUT2D eigenvalue weighted by molar-refractivity contribution is -0.138. The Hall–Kier alpha value is -1.76. The zero-order chi connectivity index (χ0) is 15.9. The molecule has 0 aliphatic rings. The Morgan fingerprint density at radius 2 is 1.90 bits per heavy atom. The lowest BCUT2D eigenvalue weighted by Crippen LogP contribution is -2.39. The van der Waals surface area contributed by atoms with E-state index in [1.807, 2.05) is 36.5 Å². The molecule has 0 saturated heterocycles. The maximum atomic E-state index is 12.0. The predicted octanol–water partition coefficient (Wildman–Crippen LogP) is 2.20. The molecule has 118 valence electrons. The van der Waals surface area contributed by atoms with Crippen LogP contribution in [0.2, 0.25) is 0 Å². The first kappa shape index (κ1) is 17.3. The Kier molecular flexibility index (Phi) is 6.48. The van der Waals surface area contributed by atoms with Gasteiger partial charge in [-0.15, -0.1) is 0 Å². The van der Waals surface area contributed by atoms with E-state index in [1.165, 1.54) is 0 Å². The second-order valence-electron chi connectivity index (χ2n) is 4.64. The summed E-state index contributed by atoms with van der Waals surface area (Å²) >= 11 is 0. The zero-order valence-electron chi connectivity index (χ0n) is 12.0. The van der Waals surface area contributed by atoms with Crippen molar-refractivity contribution in [2.45, 2.75) is 19.6 Å². The summed E-state index contributed by atoms with van der Waals surface area (Å²) in [4.78, 5) is 13.0. The molecule has 0 radical (unpaired) electrons. The summed E-state index contributed by atoms with van der Waals surface area (Å²) in [6, 6.07) is 7.34. The summed E-state index contributed by atoms with van der Waals surface area (Å²) in [7, 11) is 1.67. The van der Waals surface area contributed by atoms with Gasteiger partial charge >= 0.3 is 6.18 Å². The van der Waals surface area contributed by atoms with Crippen molar-refractivity contribution in [2.24, 2.45) is 0 Å². The quantitative estimate of drug-likeness (QED) is 0.839. The van der Waals surface area contributed by atoms with Crippen LogP contribution in [0.25, 0.3) is 0 Å². The van der Waals surface area contributed by atoms with Crippen molar-refractivity contribution in [3.63, 3.8) is 0 Å². The number of nitrogens with zero attached hydrogens (tertiary/aromatic N) is 1. The predicted molar refractivity (Wildman–Crippen MR) is 73.0 cm³/mol. The van der Waals surface area contributed by atoms with Gasteiger partial charge in [0.1, 0.15) is 12.3 Å². The van der Waals surface area contributed by atoms with Crippen molar-refractivity contribution in [3.8, 4) is 5.75 Å². The van der Waals surface area contributed by atoms with E-state index in [1.54, 1.807) is 11.9 Å². The van der Waals surface area contributed by atoms with Gasteiger partial charge in [0, 0.05) is 6.54 Å². The summed E-state index contributed by atoms with van der Waals surface area (Å²) < 4.78 is 41.2. The van der Waals surface area contributed by atoms with Crippen molar-refractivity contribution in [3.05, 3.63) is 29.8 Å². The highest BCUT2D eigenvalue weighted by Crippen LogP contribution is 2.13. The maximum absolute atomic E-state index is 12.0. The Morgan fingerprint density at radius 1 is 1.29 bits per heavy atom. The standard InChI is InChI=1S/C14H19F3N2O2/c1-3-21-12-6-4-11(5-7-12)8-19(2)9-13(20)18-10-14(15,16)17/h4-7H,3,8-10H2,1-2H3,(H,18,20). The Labute approximate surface area is 121 Å². The molecule has 7 heteroatoms. The average molecular weight is 304 g/mol. The maximum Gasteiger partial charge on any atom is 0.405 e. The van der Waals surface area contributed by atoms with E-state index >= 15 is 0 Å². The number of amides is 1. The lowest BCUT2D eigenvalue weighted by atomic mass is 10.2. The highest BCUT2D eigenvalue weighted by atomic mass is 19.4. The molecular weight excluding hydrogens is 285 g/mol. The van der Waals surface area contributed by atoms with Crippen molar-refractivity contribution < 1.29 is 22.7 Å². The number of hydrogen-bond acceptors (Lipinski definition) is 3. The highest BCUT2D eigenvalue weighted by molar-refractivity contribution is 5.78. The van der Waals surface area contributed by atoms with E-state index in [2.05, 4.69) is 0 Å². The normalized spacial score (nSPS) is 11.5. The van der Waals surface area contributed by atoms with Crippen LogP contribution in [0.1, 0.15) is 12.5 Å². The second kappa shape index (κ2) is 7.87. The molecule has 1 aromatic rings. The molecule has 0 fully saturated rings. The number of hydrogen-bond donors (Lipinski definition) is 1. The molecule has 4 nitrogen and oxygen atoms in total. The molecule has 0 aliphatic carbocycles. The molecule has 1 rings (SSSR count). The molecule has 0 heterocycles. The molecule has 0 aromatic heterocycles. The minimum Gasteiger partial charge on any atom is -0.494 e. The van der Waals surface area contributed by atoms with E-state index in [-0.39, 0.29) is 6.54 Å². The van der Waals surface area contributed by atoms with Crippen molar-refractivity contribution in [1.82, 2.24) is 10.2 Å². The van der Waals surface area contributed by atoms with Gasteiger partial charge in [-0.25, -0.2) is 0 Å². The fourth-order valence-electron chi connectivity index (χ4n) is 1.73. The smallest absolute Gasteiger partial charge is 0.405 e. The Morgan fingerprint density at radius 3 is 2.43 bits per heavy atom. The van der Waals surface area contributed by atoms with Gasteiger partial charge < -0.3 is 10.1 Å². The van der Waals surface area contributed by atoms with Crippen LogP contribution in [-0.2, 0) is 11.3 Å². The number of alkyl halides is 3. The molecule has 1 aromatic carbocycles. The molecule has 0 spiro atoms. The first-order chi connectivity index (χ1) is 9.80. The number of rotatable bonds is 7. The van der Waals surface area contributed by atoms with E-state index in [4.69, 9.17) is 4.74 Å². The van der Waals surface area contributed by atoms with Crippen LogP contribution in [0.4, 0.5) is 13.2 Å². The first-order valence-corrected chi connectivity index (χ1v) is 6.54. The van der Waals surface area contributed by atoms with Crippen LogP contribution in [0.3, 0.4) is 0 Å². The van der Waals surface area contributed by atoms with Gasteiger partial charge in [0.25, 0.3) is 0 Å². The SMILES string of the molecule is CCOc1ccc(CN(C)CC(=O)NCC(F)(F)F)cc1. The third-order valence-electron chi connectivity index (χ3n) is 2.59. The fraction of sp³-hybridized carbons (Fsp3) is 0.500. The van der Waals surface area contributed by atoms with Crippen molar-refractivity contribution in [2.75, 3.05) is 26.7 Å². The summed E-state index contributed by atoms with van der Waals surface area (Å²) in [6.45, 7) is 1.54. The molecule has 0 saturated carbocycles. The Balaban J connectivity index is 2.38. The van der Waals surface area contributed by atoms with Crippen LogP contribution in [0.15, 0.2) is 24.3 Å². The molecule has 0 aliphatic heterocycles. The number of nitrogens with one attached hydrogen (secondary N) is 1. The van der Waals surface area contributed by atoms with Gasteiger partial charge in [-0.05, 0) is 31.7 Å². The second-order valence-corrected chi connectivity index (χ2v) is 4.64. The first-order valence-electron chi connectivity index (χ1n) is 6.54. The van der Waals surface area contributed by atoms with E-state index in [9.17, 15) is 18.0 Å². The highest BCUT2D eigenvalue weighted by Gasteiger charge is 2.27. The van der Waals surface area contributed by atoms with Crippen LogP contribution in [0.5, 0.6) is 5.75 Å². The average Bonchev–Trinajstić information content (AvgIpc) is 2.38. The van der Waals surface area contributed by atoms with Gasteiger partial charge in [-0.1, -0.05) is 12.1 Å². The molecule has 1 amide bonds. The summed E-state index contributed by atoms with van der Waals surface area (Å²) in [6.07, 6.45) is -4.39. The van der Waals surface area contributed by atoms with E-state index < -0.39 is 18.6 Å². The largest absolute Gasteiger partial charge is 0.494 e. The number of carbonyl (C=O) groups is 1. The number of benzene rings is 1. The fourth-order valence-corrected chi connectivity index (χ4v) is 1.73. The van der Waals surface area contributed by atoms with Gasteiger partial charge in [-0.2, -0.15) is 13.2 Å². The summed E-state index contributed by atoms with van der Waals surface area (Å²) in [5.41, 5.74) is 0.949. The number of likely N-dealkylation sites (N-methyl/N-ethyl adjacent to an activating group) is 1. The number of halogens is 3. The monoisotopic (exact) mass is 304 g/mol. The lowest BCUT2D eigenvalue weighted by Gasteiger charge is -2.17. The van der Waals surface area contributed by atoms with Crippen LogP contribution in [0, 0.1) is 0 Å². The minimum absolute atomic E-state index is 0.0940. The van der Waals surface area contributed by atoms with E-state index in [0.29, 0.717) is 13.2 Å². The third-order valence-corrected chi connectivity index (χ3v) is 2.59. The summed E-state index contributed by atoms with van der Waals surface area (Å²) in [5, 5.41) is 1.84. The van der Waals surface area contributed by atoms with E-state index in [0.717, 1.165) is 11.3 Å². The molecular formula is C14H19F3N2O2. The molecule has 0 atom stereocenters. The van der Waals surface area contributed by atoms with Crippen LogP contribution in [-0.4, -0.2) is 43.7 Å². The van der Waals surface area contributed by atoms with Crippen molar-refractivity contribution >= 4 is 5.91 Å². The van der Waals surface area contributed by atoms with Crippen LogP contribution < -0.4 is 10.1 Å². The zero-order valence-corrected chi connectivity index (χ0v) is 12.0. The molecule has 0 bridgehead atoms. The summed E-state index contributed by atoms with van der Waals surface area (Å²) in [5.74, 6) is 0.104. The molecule has 0 unspecified atom stereocenters.